The van der Waals surface area contributed by atoms with Crippen molar-refractivity contribution in [2.24, 2.45) is 0 Å². The summed E-state index contributed by atoms with van der Waals surface area (Å²) in [5, 5.41) is 3.81. The van der Waals surface area contributed by atoms with Crippen molar-refractivity contribution in [2.45, 2.75) is 33.2 Å². The summed E-state index contributed by atoms with van der Waals surface area (Å²) < 4.78 is 28.7. The first kappa shape index (κ1) is 18.3. The van der Waals surface area contributed by atoms with Gasteiger partial charge in [-0.3, -0.25) is 0 Å². The summed E-state index contributed by atoms with van der Waals surface area (Å²) in [6, 6.07) is 5.80. The zero-order chi connectivity index (χ0) is 15.9. The summed E-state index contributed by atoms with van der Waals surface area (Å²) in [6.45, 7) is 6.97. The van der Waals surface area contributed by atoms with Crippen LogP contribution in [0, 0.1) is 0 Å². The van der Waals surface area contributed by atoms with Gasteiger partial charge in [-0.15, -0.1) is 0 Å². The maximum atomic E-state index is 11.6. The lowest BCUT2D eigenvalue weighted by molar-refractivity contribution is 0.341. The molecular formula is C15H24ClNO3S. The van der Waals surface area contributed by atoms with Gasteiger partial charge in [-0.05, 0) is 37.6 Å². The van der Waals surface area contributed by atoms with Gasteiger partial charge in [0.25, 0.3) is 0 Å². The van der Waals surface area contributed by atoms with Crippen molar-refractivity contribution in [3.8, 4) is 5.75 Å². The minimum atomic E-state index is -3.02. The third-order valence-electron chi connectivity index (χ3n) is 3.13. The summed E-state index contributed by atoms with van der Waals surface area (Å²) in [7, 11) is -3.02. The van der Waals surface area contributed by atoms with E-state index in [1.54, 1.807) is 6.07 Å². The zero-order valence-electron chi connectivity index (χ0n) is 12.9. The lowest BCUT2D eigenvalue weighted by Gasteiger charge is -2.15. The molecule has 1 aromatic rings. The molecule has 6 heteroatoms. The molecule has 0 amide bonds. The molecule has 0 aromatic heterocycles. The Hall–Kier alpha value is -0.780. The lowest BCUT2D eigenvalue weighted by Crippen LogP contribution is -2.18. The second-order valence-corrected chi connectivity index (χ2v) is 7.68. The van der Waals surface area contributed by atoms with Crippen molar-refractivity contribution in [2.75, 3.05) is 24.7 Å². The summed E-state index contributed by atoms with van der Waals surface area (Å²) in [5.74, 6) is 0.742. The molecule has 1 N–H and O–H groups in total. The van der Waals surface area contributed by atoms with E-state index in [2.05, 4.69) is 12.2 Å². The Morgan fingerprint density at radius 2 is 2.00 bits per heavy atom. The molecule has 0 saturated carbocycles. The zero-order valence-corrected chi connectivity index (χ0v) is 14.4. The highest BCUT2D eigenvalue weighted by Gasteiger charge is 2.11. The Labute approximate surface area is 132 Å². The summed E-state index contributed by atoms with van der Waals surface area (Å²) in [5.41, 5.74) is 1.08. The van der Waals surface area contributed by atoms with Crippen LogP contribution in [0.25, 0.3) is 0 Å². The predicted octanol–water partition coefficient (Wildman–Crippen LogP) is 3.21. The monoisotopic (exact) mass is 333 g/mol. The maximum absolute atomic E-state index is 11.6. The van der Waals surface area contributed by atoms with Gasteiger partial charge in [0.2, 0.25) is 0 Å². The normalized spacial score (nSPS) is 13.1. The van der Waals surface area contributed by atoms with Crippen molar-refractivity contribution in [3.63, 3.8) is 0 Å². The fraction of sp³-hybridized carbons (Fsp3) is 0.600. The SMILES string of the molecule is CCCS(=O)(=O)CCOc1ccc(C(C)NCC)cc1Cl. The smallest absolute Gasteiger partial charge is 0.153 e. The molecule has 0 aliphatic carbocycles. The molecule has 21 heavy (non-hydrogen) atoms. The molecule has 0 radical (unpaired) electrons. The Kier molecular flexibility index (Phi) is 7.49. The quantitative estimate of drug-likeness (QED) is 0.754. The first-order chi connectivity index (χ1) is 9.89. The van der Waals surface area contributed by atoms with Gasteiger partial charge in [-0.1, -0.05) is 31.5 Å². The minimum Gasteiger partial charge on any atom is -0.491 e. The molecule has 0 fully saturated rings. The predicted molar refractivity (Wildman–Crippen MR) is 88.0 cm³/mol. The largest absolute Gasteiger partial charge is 0.491 e. The van der Waals surface area contributed by atoms with Gasteiger partial charge in [0.15, 0.2) is 9.84 Å². The Morgan fingerprint density at radius 3 is 2.57 bits per heavy atom. The molecule has 1 unspecified atom stereocenters. The summed E-state index contributed by atoms with van der Waals surface area (Å²) in [6.07, 6.45) is 0.625. The average Bonchev–Trinajstić information content (AvgIpc) is 2.40. The maximum Gasteiger partial charge on any atom is 0.153 e. The van der Waals surface area contributed by atoms with Crippen molar-refractivity contribution in [3.05, 3.63) is 28.8 Å². The first-order valence-electron chi connectivity index (χ1n) is 7.25. The van der Waals surface area contributed by atoms with Gasteiger partial charge in [-0.2, -0.15) is 0 Å². The van der Waals surface area contributed by atoms with Crippen LogP contribution in [0.2, 0.25) is 5.02 Å². The first-order valence-corrected chi connectivity index (χ1v) is 9.45. The standard InChI is InChI=1S/C15H24ClNO3S/c1-4-9-21(18,19)10-8-20-15-7-6-13(11-14(15)16)12(3)17-5-2/h6-7,11-12,17H,4-5,8-10H2,1-3H3. The van der Waals surface area contributed by atoms with Gasteiger partial charge in [-0.25, -0.2) is 8.42 Å². The number of rotatable bonds is 9. The average molecular weight is 334 g/mol. The molecule has 1 rings (SSSR count). The Bertz CT molecular complexity index is 546. The third-order valence-corrected chi connectivity index (χ3v) is 5.25. The number of sulfone groups is 1. The molecule has 0 aliphatic rings. The van der Waals surface area contributed by atoms with Crippen LogP contribution in [0.15, 0.2) is 18.2 Å². The van der Waals surface area contributed by atoms with Crippen LogP contribution in [0.4, 0.5) is 0 Å². The lowest BCUT2D eigenvalue weighted by atomic mass is 10.1. The molecule has 1 atom stereocenters. The van der Waals surface area contributed by atoms with Gasteiger partial charge in [0, 0.05) is 6.04 Å². The molecule has 120 valence electrons. The van der Waals surface area contributed by atoms with Crippen molar-refractivity contribution >= 4 is 21.4 Å². The highest BCUT2D eigenvalue weighted by molar-refractivity contribution is 7.91. The Morgan fingerprint density at radius 1 is 1.29 bits per heavy atom. The Balaban J connectivity index is 2.61. The van der Waals surface area contributed by atoms with Gasteiger partial charge in [0.1, 0.15) is 12.4 Å². The van der Waals surface area contributed by atoms with E-state index in [1.807, 2.05) is 26.0 Å². The van der Waals surface area contributed by atoms with Gasteiger partial charge in [0.05, 0.1) is 16.5 Å². The van der Waals surface area contributed by atoms with E-state index in [-0.39, 0.29) is 24.2 Å². The molecule has 0 bridgehead atoms. The fourth-order valence-electron chi connectivity index (χ4n) is 2.02. The topological polar surface area (TPSA) is 55.4 Å². The van der Waals surface area contributed by atoms with Crippen LogP contribution in [0.3, 0.4) is 0 Å². The molecule has 0 aliphatic heterocycles. The van der Waals surface area contributed by atoms with Crippen LogP contribution >= 0.6 is 11.6 Å². The molecular weight excluding hydrogens is 310 g/mol. The highest BCUT2D eigenvalue weighted by atomic mass is 35.5. The van der Waals surface area contributed by atoms with Crippen LogP contribution < -0.4 is 10.1 Å². The minimum absolute atomic E-state index is 0.0205. The van der Waals surface area contributed by atoms with Gasteiger partial charge < -0.3 is 10.1 Å². The van der Waals surface area contributed by atoms with E-state index in [1.165, 1.54) is 0 Å². The van der Waals surface area contributed by atoms with E-state index >= 15 is 0 Å². The van der Waals surface area contributed by atoms with E-state index in [0.29, 0.717) is 17.2 Å². The second kappa shape index (κ2) is 8.61. The van der Waals surface area contributed by atoms with Gasteiger partial charge >= 0.3 is 0 Å². The highest BCUT2D eigenvalue weighted by Crippen LogP contribution is 2.27. The third kappa shape index (κ3) is 6.24. The number of benzene rings is 1. The van der Waals surface area contributed by atoms with E-state index in [9.17, 15) is 8.42 Å². The number of ether oxygens (including phenoxy) is 1. The van der Waals surface area contributed by atoms with Crippen LogP contribution in [-0.2, 0) is 9.84 Å². The van der Waals surface area contributed by atoms with E-state index < -0.39 is 9.84 Å². The molecule has 0 heterocycles. The van der Waals surface area contributed by atoms with E-state index in [0.717, 1.165) is 12.1 Å². The van der Waals surface area contributed by atoms with Crippen LogP contribution in [-0.4, -0.2) is 33.1 Å². The molecule has 4 nitrogen and oxygen atoms in total. The van der Waals surface area contributed by atoms with Crippen LogP contribution in [0.5, 0.6) is 5.75 Å². The molecule has 0 saturated heterocycles. The van der Waals surface area contributed by atoms with Crippen molar-refractivity contribution < 1.29 is 13.2 Å². The summed E-state index contributed by atoms with van der Waals surface area (Å²) >= 11 is 6.18. The van der Waals surface area contributed by atoms with Crippen LogP contribution in [0.1, 0.15) is 38.8 Å². The van der Waals surface area contributed by atoms with E-state index in [4.69, 9.17) is 16.3 Å². The molecule has 0 spiro atoms. The van der Waals surface area contributed by atoms with Crippen molar-refractivity contribution in [1.29, 1.82) is 0 Å². The fourth-order valence-corrected chi connectivity index (χ4v) is 3.43. The number of nitrogens with one attached hydrogen (secondary N) is 1. The number of halogens is 1. The number of hydrogen-bond acceptors (Lipinski definition) is 4. The molecule has 1 aromatic carbocycles. The van der Waals surface area contributed by atoms with Crippen molar-refractivity contribution in [1.82, 2.24) is 5.32 Å². The summed E-state index contributed by atoms with van der Waals surface area (Å²) in [4.78, 5) is 0. The second-order valence-electron chi connectivity index (χ2n) is 4.97. The number of hydrogen-bond donors (Lipinski definition) is 1.